The van der Waals surface area contributed by atoms with Crippen molar-refractivity contribution in [3.8, 4) is 0 Å². The summed E-state index contributed by atoms with van der Waals surface area (Å²) in [7, 11) is 0. The summed E-state index contributed by atoms with van der Waals surface area (Å²) in [5.74, 6) is 0.262. The van der Waals surface area contributed by atoms with Crippen LogP contribution < -0.4 is 5.56 Å². The molecule has 0 radical (unpaired) electrons. The van der Waals surface area contributed by atoms with Crippen molar-refractivity contribution in [2.75, 3.05) is 13.1 Å². The molecular weight excluding hydrogens is 346 g/mol. The van der Waals surface area contributed by atoms with Gasteiger partial charge in [0, 0.05) is 37.0 Å². The van der Waals surface area contributed by atoms with Gasteiger partial charge in [0.15, 0.2) is 5.65 Å². The summed E-state index contributed by atoms with van der Waals surface area (Å²) < 4.78 is 7.08. The number of rotatable bonds is 1. The molecule has 0 saturated carbocycles. The minimum absolute atomic E-state index is 0.179. The fourth-order valence-corrected chi connectivity index (χ4v) is 3.43. The van der Waals surface area contributed by atoms with Crippen molar-refractivity contribution < 1.29 is 9.53 Å². The van der Waals surface area contributed by atoms with Crippen molar-refractivity contribution in [2.45, 2.75) is 45.1 Å². The Hall–Kier alpha value is -2.90. The van der Waals surface area contributed by atoms with Gasteiger partial charge in [-0.1, -0.05) is 0 Å². The van der Waals surface area contributed by atoms with E-state index in [1.54, 1.807) is 15.6 Å². The number of carbonyl (C=O) groups excluding carboxylic acids is 1. The standard InChI is InChI=1S/C19H23N5O3/c1-19(2,3)27-18(26)23-9-6-12(7-10-23)13-4-5-14-16(20-13)17-21-15(25)8-11-24(17)22-14/h4-5,8,11-12H,6-7,9-10H2,1-3H3,(H,21,25). The highest BCUT2D eigenvalue weighted by molar-refractivity contribution is 5.88. The van der Waals surface area contributed by atoms with Gasteiger partial charge in [0.05, 0.1) is 0 Å². The number of hydrogen-bond donors (Lipinski definition) is 1. The van der Waals surface area contributed by atoms with Crippen LogP contribution in [0.1, 0.15) is 45.2 Å². The van der Waals surface area contributed by atoms with Crippen LogP contribution in [-0.4, -0.2) is 49.3 Å². The zero-order valence-corrected chi connectivity index (χ0v) is 15.7. The Labute approximate surface area is 156 Å². The van der Waals surface area contributed by atoms with E-state index in [2.05, 4.69) is 10.1 Å². The fourth-order valence-electron chi connectivity index (χ4n) is 3.43. The first kappa shape index (κ1) is 17.5. The van der Waals surface area contributed by atoms with Gasteiger partial charge in [0.2, 0.25) is 0 Å². The predicted octanol–water partition coefficient (Wildman–Crippen LogP) is 2.69. The molecule has 142 valence electrons. The molecule has 8 nitrogen and oxygen atoms in total. The molecule has 1 fully saturated rings. The van der Waals surface area contributed by atoms with Crippen molar-refractivity contribution in [1.29, 1.82) is 0 Å². The second kappa shape index (κ2) is 6.37. The zero-order valence-electron chi connectivity index (χ0n) is 15.7. The van der Waals surface area contributed by atoms with E-state index < -0.39 is 5.60 Å². The maximum atomic E-state index is 12.2. The van der Waals surface area contributed by atoms with Crippen molar-refractivity contribution in [3.63, 3.8) is 0 Å². The van der Waals surface area contributed by atoms with Crippen LogP contribution in [0.3, 0.4) is 0 Å². The predicted molar refractivity (Wildman–Crippen MR) is 101 cm³/mol. The zero-order chi connectivity index (χ0) is 19.2. The number of amides is 1. The first-order valence-electron chi connectivity index (χ1n) is 9.16. The van der Waals surface area contributed by atoms with Crippen LogP contribution in [-0.2, 0) is 4.74 Å². The Morgan fingerprint density at radius 3 is 2.67 bits per heavy atom. The van der Waals surface area contributed by atoms with Crippen LogP contribution in [0.25, 0.3) is 16.7 Å². The summed E-state index contributed by atoms with van der Waals surface area (Å²) in [6.45, 7) is 6.90. The van der Waals surface area contributed by atoms with Gasteiger partial charge in [0.25, 0.3) is 5.56 Å². The number of piperidine rings is 1. The summed E-state index contributed by atoms with van der Waals surface area (Å²) in [5.41, 5.74) is 2.34. The largest absolute Gasteiger partial charge is 0.444 e. The first-order valence-corrected chi connectivity index (χ1v) is 9.16. The minimum atomic E-state index is -0.485. The molecule has 0 unspecified atom stereocenters. The Morgan fingerprint density at radius 1 is 1.22 bits per heavy atom. The topological polar surface area (TPSA) is 92.6 Å². The van der Waals surface area contributed by atoms with E-state index in [0.29, 0.717) is 24.3 Å². The molecule has 0 bridgehead atoms. The van der Waals surface area contributed by atoms with Gasteiger partial charge in [-0.3, -0.25) is 4.79 Å². The maximum absolute atomic E-state index is 12.2. The second-order valence-electron chi connectivity index (χ2n) is 7.94. The van der Waals surface area contributed by atoms with Gasteiger partial charge in [-0.2, -0.15) is 5.10 Å². The molecule has 1 N–H and O–H groups in total. The van der Waals surface area contributed by atoms with Crippen LogP contribution in [0, 0.1) is 0 Å². The second-order valence-corrected chi connectivity index (χ2v) is 7.94. The molecule has 1 saturated heterocycles. The lowest BCUT2D eigenvalue weighted by Gasteiger charge is -2.33. The molecule has 4 rings (SSSR count). The summed E-state index contributed by atoms with van der Waals surface area (Å²) in [4.78, 5) is 33.2. The lowest BCUT2D eigenvalue weighted by atomic mass is 9.93. The van der Waals surface area contributed by atoms with E-state index in [-0.39, 0.29) is 17.6 Å². The number of hydrogen-bond acceptors (Lipinski definition) is 5. The summed E-state index contributed by atoms with van der Waals surface area (Å²) >= 11 is 0. The molecule has 1 aliphatic rings. The van der Waals surface area contributed by atoms with Crippen LogP contribution >= 0.6 is 0 Å². The van der Waals surface area contributed by atoms with E-state index in [4.69, 9.17) is 9.72 Å². The van der Waals surface area contributed by atoms with Crippen LogP contribution in [0.15, 0.2) is 29.2 Å². The Kier molecular flexibility index (Phi) is 4.13. The third-order valence-corrected chi connectivity index (χ3v) is 4.74. The van der Waals surface area contributed by atoms with Crippen molar-refractivity contribution in [3.05, 3.63) is 40.4 Å². The summed E-state index contributed by atoms with van der Waals surface area (Å²) in [6.07, 6.45) is 3.03. The molecule has 0 aliphatic carbocycles. The van der Waals surface area contributed by atoms with E-state index >= 15 is 0 Å². The molecular formula is C19H23N5O3. The molecule has 0 atom stereocenters. The van der Waals surface area contributed by atoms with Crippen molar-refractivity contribution in [2.24, 2.45) is 0 Å². The third kappa shape index (κ3) is 3.51. The molecule has 3 aromatic heterocycles. The molecule has 0 spiro atoms. The molecule has 27 heavy (non-hydrogen) atoms. The van der Waals surface area contributed by atoms with Gasteiger partial charge in [-0.15, -0.1) is 0 Å². The highest BCUT2D eigenvalue weighted by Crippen LogP contribution is 2.29. The van der Waals surface area contributed by atoms with Gasteiger partial charge in [0.1, 0.15) is 16.6 Å². The average Bonchev–Trinajstić information content (AvgIpc) is 2.97. The van der Waals surface area contributed by atoms with E-state index in [1.165, 1.54) is 6.07 Å². The SMILES string of the molecule is CC(C)(C)OC(=O)N1CCC(c2ccc3nn4ccc(=O)[nH]c4c3n2)CC1. The average molecular weight is 369 g/mol. The fraction of sp³-hybridized carbons (Fsp3) is 0.474. The molecule has 1 amide bonds. The third-order valence-electron chi connectivity index (χ3n) is 4.74. The smallest absolute Gasteiger partial charge is 0.410 e. The van der Waals surface area contributed by atoms with Gasteiger partial charge in [-0.05, 0) is 45.7 Å². The Balaban J connectivity index is 1.54. The van der Waals surface area contributed by atoms with E-state index in [0.717, 1.165) is 24.1 Å². The highest BCUT2D eigenvalue weighted by Gasteiger charge is 2.28. The van der Waals surface area contributed by atoms with Gasteiger partial charge < -0.3 is 14.6 Å². The quantitative estimate of drug-likeness (QED) is 0.712. The number of pyridine rings is 1. The van der Waals surface area contributed by atoms with E-state index in [1.807, 2.05) is 32.9 Å². The molecule has 8 heteroatoms. The number of aromatic amines is 1. The number of fused-ring (bicyclic) bond motifs is 3. The van der Waals surface area contributed by atoms with Crippen molar-refractivity contribution >= 4 is 22.8 Å². The van der Waals surface area contributed by atoms with Crippen LogP contribution in [0.5, 0.6) is 0 Å². The monoisotopic (exact) mass is 369 g/mol. The normalized spacial score (nSPS) is 16.2. The maximum Gasteiger partial charge on any atom is 0.410 e. The molecule has 0 aromatic carbocycles. The number of likely N-dealkylation sites (tertiary alicyclic amines) is 1. The number of ether oxygens (including phenoxy) is 1. The lowest BCUT2D eigenvalue weighted by Crippen LogP contribution is -2.41. The minimum Gasteiger partial charge on any atom is -0.444 e. The molecule has 4 heterocycles. The Bertz CT molecular complexity index is 1050. The Morgan fingerprint density at radius 2 is 1.96 bits per heavy atom. The first-order chi connectivity index (χ1) is 12.8. The van der Waals surface area contributed by atoms with Crippen molar-refractivity contribution in [1.82, 2.24) is 24.5 Å². The lowest BCUT2D eigenvalue weighted by molar-refractivity contribution is 0.0204. The van der Waals surface area contributed by atoms with Gasteiger partial charge >= 0.3 is 6.09 Å². The van der Waals surface area contributed by atoms with E-state index in [9.17, 15) is 9.59 Å². The summed E-state index contributed by atoms with van der Waals surface area (Å²) in [5, 5.41) is 4.43. The number of aromatic nitrogens is 4. The highest BCUT2D eigenvalue weighted by atomic mass is 16.6. The number of carbonyl (C=O) groups is 1. The summed E-state index contributed by atoms with van der Waals surface area (Å²) in [6, 6.07) is 5.36. The van der Waals surface area contributed by atoms with Gasteiger partial charge in [-0.25, -0.2) is 14.3 Å². The molecule has 3 aromatic rings. The van der Waals surface area contributed by atoms with Crippen LogP contribution in [0.2, 0.25) is 0 Å². The number of H-pyrrole nitrogens is 1. The number of nitrogens with one attached hydrogen (secondary N) is 1. The molecule has 1 aliphatic heterocycles. The number of nitrogens with zero attached hydrogens (tertiary/aromatic N) is 4. The van der Waals surface area contributed by atoms with Crippen LogP contribution in [0.4, 0.5) is 4.79 Å².